The summed E-state index contributed by atoms with van der Waals surface area (Å²) < 4.78 is 0. The number of halogens is 1. The Labute approximate surface area is 147 Å². The van der Waals surface area contributed by atoms with Gasteiger partial charge in [-0.2, -0.15) is 0 Å². The lowest BCUT2D eigenvalue weighted by Crippen LogP contribution is -2.40. The fourth-order valence-electron chi connectivity index (χ4n) is 2.48. The van der Waals surface area contributed by atoms with Gasteiger partial charge in [-0.15, -0.1) is 0 Å². The average Bonchev–Trinajstić information content (AvgIpc) is 2.59. The molecule has 0 aliphatic heterocycles. The molecule has 0 aromatic heterocycles. The fraction of sp³-hybridized carbons (Fsp3) is 0.263. The highest BCUT2D eigenvalue weighted by molar-refractivity contribution is 6.31. The SMILES string of the molecule is CC(=O)N(CC(=O)NCc1ccccc1Cl)C(C)c1ccccc1. The minimum Gasteiger partial charge on any atom is -0.350 e. The van der Waals surface area contributed by atoms with Gasteiger partial charge in [-0.1, -0.05) is 60.1 Å². The summed E-state index contributed by atoms with van der Waals surface area (Å²) in [7, 11) is 0. The summed E-state index contributed by atoms with van der Waals surface area (Å²) in [6, 6.07) is 16.8. The van der Waals surface area contributed by atoms with Crippen LogP contribution in [0.2, 0.25) is 5.02 Å². The highest BCUT2D eigenvalue weighted by Crippen LogP contribution is 2.20. The molecule has 2 amide bonds. The smallest absolute Gasteiger partial charge is 0.239 e. The molecule has 2 aromatic carbocycles. The summed E-state index contributed by atoms with van der Waals surface area (Å²) in [6.07, 6.45) is 0. The summed E-state index contributed by atoms with van der Waals surface area (Å²) in [5, 5.41) is 3.42. The normalized spacial score (nSPS) is 11.6. The van der Waals surface area contributed by atoms with Crippen molar-refractivity contribution in [2.75, 3.05) is 6.54 Å². The van der Waals surface area contributed by atoms with Gasteiger partial charge in [0.2, 0.25) is 11.8 Å². The monoisotopic (exact) mass is 344 g/mol. The topological polar surface area (TPSA) is 49.4 Å². The summed E-state index contributed by atoms with van der Waals surface area (Å²) in [4.78, 5) is 25.7. The molecule has 0 saturated carbocycles. The van der Waals surface area contributed by atoms with E-state index >= 15 is 0 Å². The Morgan fingerprint density at radius 2 is 1.71 bits per heavy atom. The minimum atomic E-state index is -0.215. The summed E-state index contributed by atoms with van der Waals surface area (Å²) in [5.41, 5.74) is 1.84. The molecule has 4 nitrogen and oxygen atoms in total. The molecule has 0 aliphatic carbocycles. The molecule has 5 heteroatoms. The van der Waals surface area contributed by atoms with E-state index < -0.39 is 0 Å². The lowest BCUT2D eigenvalue weighted by molar-refractivity contribution is -0.136. The van der Waals surface area contributed by atoms with Crippen LogP contribution >= 0.6 is 11.6 Å². The highest BCUT2D eigenvalue weighted by atomic mass is 35.5. The van der Waals surface area contributed by atoms with Crippen molar-refractivity contribution in [1.82, 2.24) is 10.2 Å². The Kier molecular flexibility index (Phi) is 6.38. The molecule has 24 heavy (non-hydrogen) atoms. The van der Waals surface area contributed by atoms with Crippen molar-refractivity contribution in [2.24, 2.45) is 0 Å². The van der Waals surface area contributed by atoms with Gasteiger partial charge in [0.25, 0.3) is 0 Å². The number of carbonyl (C=O) groups excluding carboxylic acids is 2. The van der Waals surface area contributed by atoms with Crippen LogP contribution in [0.5, 0.6) is 0 Å². The van der Waals surface area contributed by atoms with E-state index in [9.17, 15) is 9.59 Å². The number of nitrogens with zero attached hydrogens (tertiary/aromatic N) is 1. The fourth-order valence-corrected chi connectivity index (χ4v) is 2.68. The predicted molar refractivity (Wildman–Crippen MR) is 95.5 cm³/mol. The largest absolute Gasteiger partial charge is 0.350 e. The number of hydrogen-bond donors (Lipinski definition) is 1. The zero-order valence-electron chi connectivity index (χ0n) is 13.8. The molecular weight excluding hydrogens is 324 g/mol. The maximum atomic E-state index is 12.2. The minimum absolute atomic E-state index is 0.00977. The van der Waals surface area contributed by atoms with Crippen LogP contribution in [0.4, 0.5) is 0 Å². The molecule has 0 radical (unpaired) electrons. The third-order valence-corrected chi connectivity index (χ3v) is 4.27. The van der Waals surface area contributed by atoms with Gasteiger partial charge in [0.05, 0.1) is 6.04 Å². The predicted octanol–water partition coefficient (Wildman–Crippen LogP) is 3.57. The van der Waals surface area contributed by atoms with Crippen molar-refractivity contribution < 1.29 is 9.59 Å². The number of rotatable bonds is 6. The van der Waals surface area contributed by atoms with E-state index in [1.54, 1.807) is 11.0 Å². The number of nitrogens with one attached hydrogen (secondary N) is 1. The molecule has 0 saturated heterocycles. The molecule has 0 bridgehead atoms. The molecule has 0 spiro atoms. The van der Waals surface area contributed by atoms with Gasteiger partial charge in [0, 0.05) is 18.5 Å². The van der Waals surface area contributed by atoms with Crippen LogP contribution in [0.3, 0.4) is 0 Å². The first-order valence-electron chi connectivity index (χ1n) is 7.81. The van der Waals surface area contributed by atoms with Gasteiger partial charge in [-0.3, -0.25) is 9.59 Å². The van der Waals surface area contributed by atoms with E-state index in [0.717, 1.165) is 11.1 Å². The number of carbonyl (C=O) groups is 2. The van der Waals surface area contributed by atoms with Gasteiger partial charge in [0.15, 0.2) is 0 Å². The van der Waals surface area contributed by atoms with Gasteiger partial charge < -0.3 is 10.2 Å². The quantitative estimate of drug-likeness (QED) is 0.871. The summed E-state index contributed by atoms with van der Waals surface area (Å²) >= 11 is 6.08. The van der Waals surface area contributed by atoms with Crippen molar-refractivity contribution in [1.29, 1.82) is 0 Å². The van der Waals surface area contributed by atoms with E-state index in [0.29, 0.717) is 11.6 Å². The molecule has 1 unspecified atom stereocenters. The van der Waals surface area contributed by atoms with Crippen molar-refractivity contribution in [2.45, 2.75) is 26.4 Å². The van der Waals surface area contributed by atoms with Crippen LogP contribution in [0.15, 0.2) is 54.6 Å². The maximum Gasteiger partial charge on any atom is 0.239 e. The first kappa shape index (κ1) is 18.0. The van der Waals surface area contributed by atoms with E-state index in [1.165, 1.54) is 6.92 Å². The summed E-state index contributed by atoms with van der Waals surface area (Å²) in [6.45, 7) is 3.73. The van der Waals surface area contributed by atoms with Gasteiger partial charge in [-0.25, -0.2) is 0 Å². The molecule has 0 heterocycles. The maximum absolute atomic E-state index is 12.2. The van der Waals surface area contributed by atoms with Crippen LogP contribution in [0.25, 0.3) is 0 Å². The van der Waals surface area contributed by atoms with Crippen LogP contribution in [0, 0.1) is 0 Å². The third-order valence-electron chi connectivity index (χ3n) is 3.90. The summed E-state index contributed by atoms with van der Waals surface area (Å²) in [5.74, 6) is -0.354. The van der Waals surface area contributed by atoms with Crippen LogP contribution in [0.1, 0.15) is 31.0 Å². The van der Waals surface area contributed by atoms with E-state index in [4.69, 9.17) is 11.6 Å². The molecule has 1 atom stereocenters. The number of amides is 2. The van der Waals surface area contributed by atoms with Gasteiger partial charge >= 0.3 is 0 Å². The second-order valence-corrected chi connectivity index (χ2v) is 6.01. The Hall–Kier alpha value is -2.33. The Bertz CT molecular complexity index is 704. The van der Waals surface area contributed by atoms with Crippen LogP contribution in [-0.2, 0) is 16.1 Å². The highest BCUT2D eigenvalue weighted by Gasteiger charge is 2.21. The second-order valence-electron chi connectivity index (χ2n) is 5.60. The van der Waals surface area contributed by atoms with Crippen molar-refractivity contribution in [3.05, 3.63) is 70.7 Å². The number of hydrogen-bond acceptors (Lipinski definition) is 2. The third kappa shape index (κ3) is 4.83. The average molecular weight is 345 g/mol. The van der Waals surface area contributed by atoms with E-state index in [1.807, 2.05) is 55.5 Å². The van der Waals surface area contributed by atoms with Gasteiger partial charge in [0.1, 0.15) is 6.54 Å². The molecular formula is C19H21ClN2O2. The lowest BCUT2D eigenvalue weighted by atomic mass is 10.1. The second kappa shape index (κ2) is 8.50. The first-order valence-corrected chi connectivity index (χ1v) is 8.19. The van der Waals surface area contributed by atoms with Gasteiger partial charge in [-0.05, 0) is 24.1 Å². The van der Waals surface area contributed by atoms with E-state index in [2.05, 4.69) is 5.32 Å². The lowest BCUT2D eigenvalue weighted by Gasteiger charge is -2.28. The standard InChI is InChI=1S/C19H21ClN2O2/c1-14(16-8-4-3-5-9-16)22(15(2)23)13-19(24)21-12-17-10-6-7-11-18(17)20/h3-11,14H,12-13H2,1-2H3,(H,21,24). The molecule has 2 aromatic rings. The molecule has 0 aliphatic rings. The zero-order valence-corrected chi connectivity index (χ0v) is 14.6. The van der Waals surface area contributed by atoms with E-state index in [-0.39, 0.29) is 24.4 Å². The molecule has 1 N–H and O–H groups in total. The zero-order chi connectivity index (χ0) is 17.5. The Balaban J connectivity index is 1.99. The Morgan fingerprint density at radius 3 is 2.33 bits per heavy atom. The Morgan fingerprint density at radius 1 is 1.08 bits per heavy atom. The molecule has 2 rings (SSSR count). The molecule has 126 valence electrons. The van der Waals surface area contributed by atoms with Crippen LogP contribution in [-0.4, -0.2) is 23.3 Å². The van der Waals surface area contributed by atoms with Crippen molar-refractivity contribution in [3.63, 3.8) is 0 Å². The number of benzene rings is 2. The van der Waals surface area contributed by atoms with Crippen molar-refractivity contribution >= 4 is 23.4 Å². The van der Waals surface area contributed by atoms with Crippen molar-refractivity contribution in [3.8, 4) is 0 Å². The molecule has 0 fully saturated rings. The van der Waals surface area contributed by atoms with Crippen LogP contribution < -0.4 is 5.32 Å². The first-order chi connectivity index (χ1) is 11.5.